The van der Waals surface area contributed by atoms with Crippen molar-refractivity contribution >= 4 is 5.69 Å². The van der Waals surface area contributed by atoms with Crippen LogP contribution in [0.15, 0.2) is 84.9 Å². The van der Waals surface area contributed by atoms with Gasteiger partial charge < -0.3 is 9.64 Å². The predicted octanol–water partition coefficient (Wildman–Crippen LogP) is 6.52. The van der Waals surface area contributed by atoms with Gasteiger partial charge in [0.25, 0.3) is 0 Å². The fourth-order valence-corrected chi connectivity index (χ4v) is 3.57. The molecule has 2 nitrogen and oxygen atoms in total. The fraction of sp³-hybridized carbons (Fsp3) is 0.308. The minimum absolute atomic E-state index is 0.484. The van der Waals surface area contributed by atoms with Gasteiger partial charge in [-0.05, 0) is 42.5 Å². The van der Waals surface area contributed by atoms with E-state index in [1.807, 2.05) is 12.1 Å². The summed E-state index contributed by atoms with van der Waals surface area (Å²) in [4.78, 5) is 2.34. The Labute approximate surface area is 169 Å². The highest BCUT2D eigenvalue weighted by atomic mass is 16.5. The normalized spacial score (nSPS) is 13.3. The van der Waals surface area contributed by atoms with Gasteiger partial charge in [0.2, 0.25) is 0 Å². The predicted molar refractivity (Wildman–Crippen MR) is 119 cm³/mol. The Morgan fingerprint density at radius 1 is 0.786 bits per heavy atom. The van der Waals surface area contributed by atoms with E-state index in [4.69, 9.17) is 4.74 Å². The van der Waals surface area contributed by atoms with Crippen LogP contribution in [0, 0.1) is 0 Å². The van der Waals surface area contributed by atoms with Crippen LogP contribution in [-0.4, -0.2) is 20.2 Å². The van der Waals surface area contributed by atoms with Crippen LogP contribution in [0.1, 0.15) is 43.2 Å². The highest BCUT2D eigenvalue weighted by Crippen LogP contribution is 2.33. The molecule has 2 heteroatoms. The summed E-state index contributed by atoms with van der Waals surface area (Å²) < 4.78 is 5.34. The van der Waals surface area contributed by atoms with Gasteiger partial charge in [0, 0.05) is 19.0 Å². The van der Waals surface area contributed by atoms with Crippen molar-refractivity contribution in [2.24, 2.45) is 0 Å². The number of nitrogens with zero attached hydrogens (tertiary/aromatic N) is 1. The molecule has 3 aromatic carbocycles. The van der Waals surface area contributed by atoms with E-state index in [9.17, 15) is 0 Å². The lowest BCUT2D eigenvalue weighted by Gasteiger charge is -2.36. The second-order valence-corrected chi connectivity index (χ2v) is 7.41. The van der Waals surface area contributed by atoms with E-state index in [1.165, 1.54) is 36.1 Å². The summed E-state index contributed by atoms with van der Waals surface area (Å²) in [6, 6.07) is 30.1. The summed E-state index contributed by atoms with van der Waals surface area (Å²) in [5.74, 6) is 1.46. The number of hydrogen-bond acceptors (Lipinski definition) is 2. The highest BCUT2D eigenvalue weighted by molar-refractivity contribution is 5.58. The van der Waals surface area contributed by atoms with E-state index in [0.717, 1.165) is 5.75 Å². The first-order valence-corrected chi connectivity index (χ1v) is 10.2. The number of methoxy groups -OCH3 is 1. The minimum atomic E-state index is 0.484. The number of para-hydroxylation sites is 2. The first-order chi connectivity index (χ1) is 13.7. The monoisotopic (exact) mass is 373 g/mol. The molecule has 1 aliphatic rings. The number of hydrogen-bond donors (Lipinski definition) is 0. The molecule has 0 saturated heterocycles. The molecule has 0 unspecified atom stereocenters. The molecule has 1 aliphatic carbocycles. The largest absolute Gasteiger partial charge is 0.495 e. The zero-order valence-corrected chi connectivity index (χ0v) is 17.2. The van der Waals surface area contributed by atoms with Gasteiger partial charge in [0.1, 0.15) is 5.75 Å². The number of rotatable bonds is 5. The molecule has 0 spiro atoms. The lowest BCUT2D eigenvalue weighted by molar-refractivity contribution is 0.386. The van der Waals surface area contributed by atoms with Gasteiger partial charge in [0.15, 0.2) is 0 Å². The van der Waals surface area contributed by atoms with Crippen LogP contribution in [0.3, 0.4) is 0 Å². The molecule has 0 bridgehead atoms. The standard InChI is InChI=1S/C14H14.C12H17NO/c1-12(13-8-4-2-5-9-13)14-10-6-3-7-11-14;1-13(10-6-5-7-10)11-8-3-4-9-12(11)14-2/h2-12H,1H3;3-4,8-10H,5-7H2,1-2H3. The van der Waals surface area contributed by atoms with Crippen LogP contribution in [0.4, 0.5) is 5.69 Å². The topological polar surface area (TPSA) is 12.5 Å². The van der Waals surface area contributed by atoms with Gasteiger partial charge in [-0.25, -0.2) is 0 Å². The lowest BCUT2D eigenvalue weighted by Crippen LogP contribution is -2.37. The van der Waals surface area contributed by atoms with Crippen molar-refractivity contribution in [3.63, 3.8) is 0 Å². The molecule has 0 N–H and O–H groups in total. The van der Waals surface area contributed by atoms with E-state index in [2.05, 4.69) is 91.7 Å². The Morgan fingerprint density at radius 3 is 1.75 bits per heavy atom. The molecule has 4 rings (SSSR count). The Bertz CT molecular complexity index is 788. The molecule has 0 heterocycles. The van der Waals surface area contributed by atoms with Crippen molar-refractivity contribution in [1.29, 1.82) is 0 Å². The summed E-state index contributed by atoms with van der Waals surface area (Å²) in [6.45, 7) is 2.24. The van der Waals surface area contributed by atoms with Crippen molar-refractivity contribution in [3.05, 3.63) is 96.1 Å². The zero-order chi connectivity index (χ0) is 19.8. The average Bonchev–Trinajstić information content (AvgIpc) is 2.73. The summed E-state index contributed by atoms with van der Waals surface area (Å²) in [5, 5.41) is 0. The van der Waals surface area contributed by atoms with Crippen LogP contribution in [0.2, 0.25) is 0 Å². The van der Waals surface area contributed by atoms with Crippen molar-refractivity contribution in [2.45, 2.75) is 38.1 Å². The number of benzene rings is 3. The molecule has 0 aromatic heterocycles. The molecule has 3 aromatic rings. The number of ether oxygens (including phenoxy) is 1. The van der Waals surface area contributed by atoms with Gasteiger partial charge >= 0.3 is 0 Å². The number of anilines is 1. The maximum absolute atomic E-state index is 5.34. The van der Waals surface area contributed by atoms with Gasteiger partial charge in [-0.1, -0.05) is 79.7 Å². The van der Waals surface area contributed by atoms with E-state index in [0.29, 0.717) is 12.0 Å². The SMILES string of the molecule is CC(c1ccccc1)c1ccccc1.COc1ccccc1N(C)C1CCC1. The third-order valence-electron chi connectivity index (χ3n) is 5.69. The molecule has 0 atom stereocenters. The third kappa shape index (κ3) is 4.95. The molecular weight excluding hydrogens is 342 g/mol. The van der Waals surface area contributed by atoms with E-state index >= 15 is 0 Å². The van der Waals surface area contributed by atoms with Crippen LogP contribution < -0.4 is 9.64 Å². The van der Waals surface area contributed by atoms with Crippen molar-refractivity contribution in [2.75, 3.05) is 19.1 Å². The van der Waals surface area contributed by atoms with Crippen molar-refractivity contribution in [3.8, 4) is 5.75 Å². The lowest BCUT2D eigenvalue weighted by atomic mass is 9.91. The van der Waals surface area contributed by atoms with E-state index in [-0.39, 0.29) is 0 Å². The minimum Gasteiger partial charge on any atom is -0.495 e. The van der Waals surface area contributed by atoms with Gasteiger partial charge in [0.05, 0.1) is 12.8 Å². The van der Waals surface area contributed by atoms with Crippen LogP contribution >= 0.6 is 0 Å². The van der Waals surface area contributed by atoms with E-state index in [1.54, 1.807) is 7.11 Å². The highest BCUT2D eigenvalue weighted by Gasteiger charge is 2.23. The smallest absolute Gasteiger partial charge is 0.142 e. The fourth-order valence-electron chi connectivity index (χ4n) is 3.57. The Kier molecular flexibility index (Phi) is 7.13. The third-order valence-corrected chi connectivity index (χ3v) is 5.69. The first-order valence-electron chi connectivity index (χ1n) is 10.2. The van der Waals surface area contributed by atoms with Crippen molar-refractivity contribution < 1.29 is 4.74 Å². The summed E-state index contributed by atoms with van der Waals surface area (Å²) in [7, 11) is 3.88. The summed E-state index contributed by atoms with van der Waals surface area (Å²) >= 11 is 0. The second-order valence-electron chi connectivity index (χ2n) is 7.41. The Hall–Kier alpha value is -2.74. The maximum atomic E-state index is 5.34. The molecule has 28 heavy (non-hydrogen) atoms. The van der Waals surface area contributed by atoms with Crippen LogP contribution in [0.25, 0.3) is 0 Å². The molecule has 1 saturated carbocycles. The quantitative estimate of drug-likeness (QED) is 0.504. The zero-order valence-electron chi connectivity index (χ0n) is 17.2. The van der Waals surface area contributed by atoms with Gasteiger partial charge in [-0.15, -0.1) is 0 Å². The molecule has 0 amide bonds. The Balaban J connectivity index is 0.000000161. The summed E-state index contributed by atoms with van der Waals surface area (Å²) in [6.07, 6.45) is 3.99. The van der Waals surface area contributed by atoms with Crippen molar-refractivity contribution in [1.82, 2.24) is 0 Å². The van der Waals surface area contributed by atoms with Crippen LogP contribution in [-0.2, 0) is 0 Å². The molecule has 146 valence electrons. The van der Waals surface area contributed by atoms with Gasteiger partial charge in [-0.3, -0.25) is 0 Å². The molecular formula is C26H31NO. The second kappa shape index (κ2) is 9.98. The summed E-state index contributed by atoms with van der Waals surface area (Å²) in [5.41, 5.74) is 3.96. The molecule has 1 fully saturated rings. The molecule has 0 radical (unpaired) electrons. The van der Waals surface area contributed by atoms with E-state index < -0.39 is 0 Å². The average molecular weight is 374 g/mol. The maximum Gasteiger partial charge on any atom is 0.142 e. The Morgan fingerprint density at radius 2 is 1.29 bits per heavy atom. The molecule has 0 aliphatic heterocycles. The van der Waals surface area contributed by atoms with Crippen LogP contribution in [0.5, 0.6) is 5.75 Å². The van der Waals surface area contributed by atoms with Gasteiger partial charge in [-0.2, -0.15) is 0 Å². The first kappa shape index (κ1) is 20.0.